The molecule has 2 heterocycles. The van der Waals surface area contributed by atoms with Gasteiger partial charge in [0, 0.05) is 23.9 Å². The van der Waals surface area contributed by atoms with Crippen LogP contribution >= 0.6 is 0 Å². The average molecular weight is 504 g/mol. The number of hydrogen-bond acceptors (Lipinski definition) is 6. The molecule has 2 aromatic carbocycles. The molecule has 2 aromatic heterocycles. The van der Waals surface area contributed by atoms with Gasteiger partial charge in [-0.25, -0.2) is 14.4 Å². The number of nitrogens with zero attached hydrogens (tertiary/aromatic N) is 2. The Bertz CT molecular complexity index is 1350. The lowest BCUT2D eigenvalue weighted by atomic mass is 10.1. The van der Waals surface area contributed by atoms with E-state index in [0.717, 1.165) is 5.56 Å². The van der Waals surface area contributed by atoms with Gasteiger partial charge in [-0.05, 0) is 74.5 Å². The smallest absolute Gasteiger partial charge is 0.252 e. The number of rotatable bonds is 9. The molecule has 0 aliphatic carbocycles. The number of imidazole rings is 1. The normalized spacial score (nSPS) is 12.0. The summed E-state index contributed by atoms with van der Waals surface area (Å²) in [6.45, 7) is 2.68. The van der Waals surface area contributed by atoms with Crippen molar-refractivity contribution in [3.8, 4) is 22.8 Å². The van der Waals surface area contributed by atoms with Gasteiger partial charge in [0.05, 0.1) is 12.0 Å². The monoisotopic (exact) mass is 503 g/mol. The SMILES string of the molecule is CC(C)(O)C(=O)NC(Cc1cnc[nH]1)C(=O)Nc1cccc(-c2ccc(Oc3ccc(F)cc3)cc2)n1. The molecule has 0 bridgehead atoms. The first-order valence-electron chi connectivity index (χ1n) is 11.5. The van der Waals surface area contributed by atoms with Crippen molar-refractivity contribution in [3.05, 3.63) is 90.8 Å². The molecule has 4 rings (SSSR count). The molecule has 190 valence electrons. The maximum atomic E-state index is 13.1. The summed E-state index contributed by atoms with van der Waals surface area (Å²) in [4.78, 5) is 36.8. The number of amides is 2. The van der Waals surface area contributed by atoms with Crippen molar-refractivity contribution in [2.24, 2.45) is 0 Å². The Morgan fingerprint density at radius 1 is 1.05 bits per heavy atom. The quantitative estimate of drug-likeness (QED) is 0.275. The number of pyridine rings is 1. The molecule has 2 amide bonds. The van der Waals surface area contributed by atoms with Crippen LogP contribution in [0.1, 0.15) is 19.5 Å². The van der Waals surface area contributed by atoms with Crippen LogP contribution in [0.25, 0.3) is 11.3 Å². The van der Waals surface area contributed by atoms with Gasteiger partial charge in [0.2, 0.25) is 5.91 Å². The van der Waals surface area contributed by atoms with E-state index < -0.39 is 23.5 Å². The Morgan fingerprint density at radius 2 is 1.73 bits per heavy atom. The number of anilines is 1. The van der Waals surface area contributed by atoms with Gasteiger partial charge in [-0.3, -0.25) is 9.59 Å². The number of ether oxygens (including phenoxy) is 1. The van der Waals surface area contributed by atoms with Crippen LogP contribution in [0.2, 0.25) is 0 Å². The summed E-state index contributed by atoms with van der Waals surface area (Å²) in [6, 6.07) is 17.1. The summed E-state index contributed by atoms with van der Waals surface area (Å²) in [5.74, 6) is -0.145. The largest absolute Gasteiger partial charge is 0.457 e. The number of hydrogen-bond donors (Lipinski definition) is 4. The van der Waals surface area contributed by atoms with E-state index in [4.69, 9.17) is 4.74 Å². The van der Waals surface area contributed by atoms with Crippen molar-refractivity contribution in [1.82, 2.24) is 20.3 Å². The second kappa shape index (κ2) is 11.0. The Morgan fingerprint density at radius 3 is 2.35 bits per heavy atom. The van der Waals surface area contributed by atoms with Gasteiger partial charge in [0.15, 0.2) is 0 Å². The van der Waals surface area contributed by atoms with E-state index >= 15 is 0 Å². The maximum Gasteiger partial charge on any atom is 0.252 e. The van der Waals surface area contributed by atoms with Gasteiger partial charge in [0.1, 0.15) is 34.8 Å². The highest BCUT2D eigenvalue weighted by atomic mass is 19.1. The van der Waals surface area contributed by atoms with Crippen LogP contribution in [-0.4, -0.2) is 43.5 Å². The zero-order valence-corrected chi connectivity index (χ0v) is 20.2. The highest BCUT2D eigenvalue weighted by Crippen LogP contribution is 2.26. The minimum absolute atomic E-state index is 0.142. The first-order chi connectivity index (χ1) is 17.7. The number of aromatic nitrogens is 3. The molecule has 4 aromatic rings. The van der Waals surface area contributed by atoms with Crippen LogP contribution in [0.3, 0.4) is 0 Å². The predicted octanol–water partition coefficient (Wildman–Crippen LogP) is 3.84. The van der Waals surface area contributed by atoms with Crippen LogP contribution in [0.4, 0.5) is 10.2 Å². The van der Waals surface area contributed by atoms with E-state index in [1.54, 1.807) is 48.7 Å². The number of carbonyl (C=O) groups is 2. The number of carbonyl (C=O) groups excluding carboxylic acids is 2. The van der Waals surface area contributed by atoms with Crippen molar-refractivity contribution in [3.63, 3.8) is 0 Å². The van der Waals surface area contributed by atoms with Crippen LogP contribution in [0.5, 0.6) is 11.5 Å². The van der Waals surface area contributed by atoms with Crippen molar-refractivity contribution in [1.29, 1.82) is 0 Å². The average Bonchev–Trinajstić information content (AvgIpc) is 3.38. The number of aliphatic hydroxyl groups is 1. The molecular formula is C27H26FN5O4. The van der Waals surface area contributed by atoms with Gasteiger partial charge in [-0.15, -0.1) is 0 Å². The van der Waals surface area contributed by atoms with E-state index in [-0.39, 0.29) is 12.2 Å². The molecular weight excluding hydrogens is 477 g/mol. The molecule has 0 saturated carbocycles. The van der Waals surface area contributed by atoms with E-state index in [1.807, 2.05) is 12.1 Å². The van der Waals surface area contributed by atoms with E-state index in [0.29, 0.717) is 28.7 Å². The maximum absolute atomic E-state index is 13.1. The number of nitrogens with one attached hydrogen (secondary N) is 3. The van der Waals surface area contributed by atoms with Gasteiger partial charge in [0.25, 0.3) is 5.91 Å². The standard InChI is InChI=1S/C27H26FN5O4/c1-27(2,36)26(35)32-23(14-19-15-29-16-30-19)25(34)33-24-5-3-4-22(31-24)17-6-10-20(11-7-17)37-21-12-8-18(28)9-13-21/h3-13,15-16,23,36H,14H2,1-2H3,(H,29,30)(H,32,35)(H,31,33,34). The van der Waals surface area contributed by atoms with Gasteiger partial charge < -0.3 is 25.5 Å². The molecule has 0 aliphatic rings. The second-order valence-electron chi connectivity index (χ2n) is 8.84. The summed E-state index contributed by atoms with van der Waals surface area (Å²) >= 11 is 0. The fraction of sp³-hybridized carbons (Fsp3) is 0.185. The third kappa shape index (κ3) is 6.98. The van der Waals surface area contributed by atoms with Gasteiger partial charge >= 0.3 is 0 Å². The molecule has 37 heavy (non-hydrogen) atoms. The van der Waals surface area contributed by atoms with Crippen molar-refractivity contribution >= 4 is 17.6 Å². The van der Waals surface area contributed by atoms with Crippen LogP contribution < -0.4 is 15.4 Å². The number of H-pyrrole nitrogens is 1. The number of halogens is 1. The minimum Gasteiger partial charge on any atom is -0.457 e. The highest BCUT2D eigenvalue weighted by Gasteiger charge is 2.30. The minimum atomic E-state index is -1.66. The fourth-order valence-electron chi connectivity index (χ4n) is 3.37. The molecule has 0 fully saturated rings. The fourth-order valence-corrected chi connectivity index (χ4v) is 3.37. The first-order valence-corrected chi connectivity index (χ1v) is 11.5. The van der Waals surface area contributed by atoms with Crippen molar-refractivity contribution in [2.75, 3.05) is 5.32 Å². The molecule has 10 heteroatoms. The number of aromatic amines is 1. The third-order valence-electron chi connectivity index (χ3n) is 5.36. The lowest BCUT2D eigenvalue weighted by Crippen LogP contribution is -2.52. The molecule has 1 unspecified atom stereocenters. The Labute approximate surface area is 212 Å². The lowest BCUT2D eigenvalue weighted by molar-refractivity contribution is -0.138. The predicted molar refractivity (Wildman–Crippen MR) is 135 cm³/mol. The summed E-state index contributed by atoms with van der Waals surface area (Å²) in [5.41, 5.74) is 0.376. The third-order valence-corrected chi connectivity index (χ3v) is 5.36. The van der Waals surface area contributed by atoms with Gasteiger partial charge in [-0.2, -0.15) is 0 Å². The Balaban J connectivity index is 1.46. The highest BCUT2D eigenvalue weighted by molar-refractivity contribution is 5.98. The molecule has 0 aliphatic heterocycles. The number of benzene rings is 2. The summed E-state index contributed by atoms with van der Waals surface area (Å²) < 4.78 is 18.8. The van der Waals surface area contributed by atoms with Crippen molar-refractivity contribution < 1.29 is 23.8 Å². The van der Waals surface area contributed by atoms with Crippen molar-refractivity contribution in [2.45, 2.75) is 31.9 Å². The van der Waals surface area contributed by atoms with Crippen LogP contribution in [0.15, 0.2) is 79.3 Å². The second-order valence-corrected chi connectivity index (χ2v) is 8.84. The molecule has 0 saturated heterocycles. The molecule has 1 atom stereocenters. The Hall–Kier alpha value is -4.57. The molecule has 0 spiro atoms. The zero-order chi connectivity index (χ0) is 26.4. The van der Waals surface area contributed by atoms with E-state index in [1.165, 1.54) is 32.3 Å². The molecule has 4 N–H and O–H groups in total. The van der Waals surface area contributed by atoms with E-state index in [2.05, 4.69) is 25.6 Å². The first kappa shape index (κ1) is 25.5. The summed E-state index contributed by atoms with van der Waals surface area (Å²) in [5, 5.41) is 15.3. The zero-order valence-electron chi connectivity index (χ0n) is 20.2. The molecule has 0 radical (unpaired) electrons. The van der Waals surface area contributed by atoms with Crippen LogP contribution in [0, 0.1) is 5.82 Å². The van der Waals surface area contributed by atoms with E-state index in [9.17, 15) is 19.1 Å². The molecule has 9 nitrogen and oxygen atoms in total. The summed E-state index contributed by atoms with van der Waals surface area (Å²) in [7, 11) is 0. The van der Waals surface area contributed by atoms with Gasteiger partial charge in [-0.1, -0.05) is 6.07 Å². The Kier molecular flexibility index (Phi) is 7.59. The lowest BCUT2D eigenvalue weighted by Gasteiger charge is -2.22. The topological polar surface area (TPSA) is 129 Å². The van der Waals surface area contributed by atoms with Crippen LogP contribution in [-0.2, 0) is 16.0 Å². The summed E-state index contributed by atoms with van der Waals surface area (Å²) in [6.07, 6.45) is 3.17.